The van der Waals surface area contributed by atoms with E-state index in [0.29, 0.717) is 0 Å². The summed E-state index contributed by atoms with van der Waals surface area (Å²) in [5, 5.41) is 2.41. The van der Waals surface area contributed by atoms with Crippen molar-refractivity contribution < 1.29 is 0 Å². The molecule has 0 spiro atoms. The Hall–Kier alpha value is -2.26. The molecule has 88 valence electrons. The molecule has 0 aliphatic heterocycles. The van der Waals surface area contributed by atoms with Gasteiger partial charge in [0.15, 0.2) is 0 Å². The first-order chi connectivity index (χ1) is 8.84. The van der Waals surface area contributed by atoms with Gasteiger partial charge in [-0.15, -0.1) is 0 Å². The van der Waals surface area contributed by atoms with Gasteiger partial charge >= 0.3 is 0 Å². The maximum absolute atomic E-state index is 6.22. The number of fused-ring (bicyclic) bond motifs is 1. The van der Waals surface area contributed by atoms with Crippen molar-refractivity contribution in [2.75, 3.05) is 0 Å². The van der Waals surface area contributed by atoms with Crippen molar-refractivity contribution in [3.8, 4) is 0 Å². The minimum atomic E-state index is -0.211. The van der Waals surface area contributed by atoms with Crippen LogP contribution in [0, 0.1) is 0 Å². The van der Waals surface area contributed by atoms with Gasteiger partial charge in [0.1, 0.15) is 6.33 Å². The molecule has 0 aliphatic carbocycles. The Labute approximate surface area is 105 Å². The van der Waals surface area contributed by atoms with Gasteiger partial charge in [0.05, 0.1) is 11.7 Å². The Bertz CT molecular complexity index is 665. The molecule has 1 unspecified atom stereocenters. The van der Waals surface area contributed by atoms with Crippen LogP contribution in [-0.2, 0) is 0 Å². The SMILES string of the molecule is NC(c1ccc2ccccc2c1)c1ccncn1. The van der Waals surface area contributed by atoms with Crippen LogP contribution >= 0.6 is 0 Å². The third-order valence-electron chi connectivity index (χ3n) is 3.06. The van der Waals surface area contributed by atoms with E-state index in [9.17, 15) is 0 Å². The van der Waals surface area contributed by atoms with Gasteiger partial charge < -0.3 is 5.73 Å². The van der Waals surface area contributed by atoms with Crippen LogP contribution in [0.25, 0.3) is 10.8 Å². The number of rotatable bonds is 2. The Kier molecular flexibility index (Phi) is 2.74. The zero-order chi connectivity index (χ0) is 12.4. The van der Waals surface area contributed by atoms with E-state index in [0.717, 1.165) is 11.3 Å². The van der Waals surface area contributed by atoms with Crippen LogP contribution in [0.2, 0.25) is 0 Å². The highest BCUT2D eigenvalue weighted by Gasteiger charge is 2.10. The fraction of sp³-hybridized carbons (Fsp3) is 0.0667. The van der Waals surface area contributed by atoms with Crippen molar-refractivity contribution in [3.63, 3.8) is 0 Å². The lowest BCUT2D eigenvalue weighted by atomic mass is 10.0. The third-order valence-corrected chi connectivity index (χ3v) is 3.06. The van der Waals surface area contributed by atoms with Crippen molar-refractivity contribution in [1.29, 1.82) is 0 Å². The normalized spacial score (nSPS) is 12.5. The number of benzene rings is 2. The number of hydrogen-bond donors (Lipinski definition) is 1. The predicted octanol–water partition coefficient (Wildman–Crippen LogP) is 2.68. The van der Waals surface area contributed by atoms with E-state index < -0.39 is 0 Å². The zero-order valence-electron chi connectivity index (χ0n) is 9.82. The standard InChI is InChI=1S/C15H13N3/c16-15(14-7-8-17-10-18-14)13-6-5-11-3-1-2-4-12(11)9-13/h1-10,15H,16H2. The lowest BCUT2D eigenvalue weighted by Crippen LogP contribution is -2.13. The predicted molar refractivity (Wildman–Crippen MR) is 72.0 cm³/mol. The van der Waals surface area contributed by atoms with Crippen molar-refractivity contribution >= 4 is 10.8 Å². The lowest BCUT2D eigenvalue weighted by molar-refractivity contribution is 0.821. The van der Waals surface area contributed by atoms with Crippen LogP contribution < -0.4 is 5.73 Å². The van der Waals surface area contributed by atoms with Crippen LogP contribution in [-0.4, -0.2) is 9.97 Å². The van der Waals surface area contributed by atoms with Crippen molar-refractivity contribution in [1.82, 2.24) is 9.97 Å². The van der Waals surface area contributed by atoms with E-state index in [1.807, 2.05) is 18.2 Å². The van der Waals surface area contributed by atoms with E-state index in [1.165, 1.54) is 17.1 Å². The molecule has 0 amide bonds. The summed E-state index contributed by atoms with van der Waals surface area (Å²) in [6.45, 7) is 0. The quantitative estimate of drug-likeness (QED) is 0.743. The molecule has 3 nitrogen and oxygen atoms in total. The fourth-order valence-electron chi connectivity index (χ4n) is 2.06. The van der Waals surface area contributed by atoms with Gasteiger partial charge in [0, 0.05) is 6.20 Å². The Morgan fingerprint density at radius 1 is 0.944 bits per heavy atom. The molecule has 0 saturated heterocycles. The minimum Gasteiger partial charge on any atom is -0.319 e. The molecule has 0 bridgehead atoms. The van der Waals surface area contributed by atoms with Crippen molar-refractivity contribution in [2.24, 2.45) is 5.73 Å². The van der Waals surface area contributed by atoms with Crippen LogP contribution in [0.5, 0.6) is 0 Å². The number of nitrogens with zero attached hydrogens (tertiary/aromatic N) is 2. The van der Waals surface area contributed by atoms with Gasteiger partial charge in [0.2, 0.25) is 0 Å². The molecule has 0 radical (unpaired) electrons. The summed E-state index contributed by atoms with van der Waals surface area (Å²) in [7, 11) is 0. The molecule has 3 heteroatoms. The lowest BCUT2D eigenvalue weighted by Gasteiger charge is -2.11. The second-order valence-electron chi connectivity index (χ2n) is 4.22. The van der Waals surface area contributed by atoms with E-state index >= 15 is 0 Å². The van der Waals surface area contributed by atoms with E-state index in [1.54, 1.807) is 6.20 Å². The highest BCUT2D eigenvalue weighted by atomic mass is 14.8. The average Bonchev–Trinajstić information content (AvgIpc) is 2.47. The second-order valence-corrected chi connectivity index (χ2v) is 4.22. The Morgan fingerprint density at radius 2 is 1.78 bits per heavy atom. The smallest absolute Gasteiger partial charge is 0.115 e. The summed E-state index contributed by atoms with van der Waals surface area (Å²) in [5.41, 5.74) is 8.11. The first-order valence-corrected chi connectivity index (χ1v) is 5.85. The van der Waals surface area contributed by atoms with Crippen LogP contribution in [0.4, 0.5) is 0 Å². The zero-order valence-corrected chi connectivity index (χ0v) is 9.82. The van der Waals surface area contributed by atoms with Gasteiger partial charge in [-0.05, 0) is 28.5 Å². The molecule has 2 N–H and O–H groups in total. The van der Waals surface area contributed by atoms with Crippen LogP contribution in [0.3, 0.4) is 0 Å². The molecule has 18 heavy (non-hydrogen) atoms. The first kappa shape index (κ1) is 10.9. The summed E-state index contributed by atoms with van der Waals surface area (Å²) >= 11 is 0. The first-order valence-electron chi connectivity index (χ1n) is 5.85. The number of nitrogens with two attached hydrogens (primary N) is 1. The molecular formula is C15H13N3. The highest BCUT2D eigenvalue weighted by molar-refractivity contribution is 5.83. The van der Waals surface area contributed by atoms with Crippen molar-refractivity contribution in [2.45, 2.75) is 6.04 Å². The third kappa shape index (κ3) is 1.96. The summed E-state index contributed by atoms with van der Waals surface area (Å²) in [5.74, 6) is 0. The van der Waals surface area contributed by atoms with Gasteiger partial charge in [-0.2, -0.15) is 0 Å². The second kappa shape index (κ2) is 4.55. The van der Waals surface area contributed by atoms with E-state index in [4.69, 9.17) is 5.73 Å². The minimum absolute atomic E-state index is 0.211. The molecule has 3 aromatic rings. The van der Waals surface area contributed by atoms with Crippen LogP contribution in [0.1, 0.15) is 17.3 Å². The molecule has 1 heterocycles. The average molecular weight is 235 g/mol. The molecule has 0 aliphatic rings. The maximum Gasteiger partial charge on any atom is 0.115 e. The van der Waals surface area contributed by atoms with Crippen molar-refractivity contribution in [3.05, 3.63) is 72.3 Å². The van der Waals surface area contributed by atoms with Crippen LogP contribution in [0.15, 0.2) is 61.1 Å². The summed E-state index contributed by atoms with van der Waals surface area (Å²) in [6.07, 6.45) is 3.24. The Balaban J connectivity index is 2.04. The largest absolute Gasteiger partial charge is 0.319 e. The molecular weight excluding hydrogens is 222 g/mol. The van der Waals surface area contributed by atoms with E-state index in [2.05, 4.69) is 40.3 Å². The molecule has 0 saturated carbocycles. The van der Waals surface area contributed by atoms with Gasteiger partial charge in [-0.25, -0.2) is 9.97 Å². The maximum atomic E-state index is 6.22. The highest BCUT2D eigenvalue weighted by Crippen LogP contribution is 2.22. The molecule has 3 rings (SSSR count). The molecule has 0 fully saturated rings. The molecule has 1 atom stereocenters. The molecule has 1 aromatic heterocycles. The van der Waals surface area contributed by atoms with Gasteiger partial charge in [-0.1, -0.05) is 36.4 Å². The van der Waals surface area contributed by atoms with E-state index in [-0.39, 0.29) is 6.04 Å². The number of aromatic nitrogens is 2. The van der Waals surface area contributed by atoms with Gasteiger partial charge in [0.25, 0.3) is 0 Å². The summed E-state index contributed by atoms with van der Waals surface area (Å²) in [6, 6.07) is 16.1. The summed E-state index contributed by atoms with van der Waals surface area (Å²) < 4.78 is 0. The monoisotopic (exact) mass is 235 g/mol. The van der Waals surface area contributed by atoms with Gasteiger partial charge in [-0.3, -0.25) is 0 Å². The Morgan fingerprint density at radius 3 is 2.56 bits per heavy atom. The summed E-state index contributed by atoms with van der Waals surface area (Å²) in [4.78, 5) is 8.10. The fourth-order valence-corrected chi connectivity index (χ4v) is 2.06. The number of hydrogen-bond acceptors (Lipinski definition) is 3. The molecule has 2 aromatic carbocycles. The topological polar surface area (TPSA) is 51.8 Å².